The van der Waals surface area contributed by atoms with Crippen molar-refractivity contribution in [1.82, 2.24) is 0 Å². The van der Waals surface area contributed by atoms with Gasteiger partial charge in [-0.3, -0.25) is 9.59 Å². The Kier molecular flexibility index (Phi) is 13.4. The molecular formula is C49H44N2O2. The van der Waals surface area contributed by atoms with E-state index >= 15 is 0 Å². The highest BCUT2D eigenvalue weighted by atomic mass is 16.1. The van der Waals surface area contributed by atoms with Crippen molar-refractivity contribution < 1.29 is 9.59 Å². The minimum Gasteiger partial charge on any atom is -0.294 e. The normalized spacial score (nSPS) is 10.4. The van der Waals surface area contributed by atoms with Crippen LogP contribution in [0.3, 0.4) is 0 Å². The molecule has 6 rings (SSSR count). The number of rotatable bonds is 12. The lowest BCUT2D eigenvalue weighted by atomic mass is 9.94. The predicted molar refractivity (Wildman–Crippen MR) is 217 cm³/mol. The van der Waals surface area contributed by atoms with E-state index in [2.05, 4.69) is 75.4 Å². The van der Waals surface area contributed by atoms with E-state index in [9.17, 15) is 9.59 Å². The summed E-state index contributed by atoms with van der Waals surface area (Å²) in [6.07, 6.45) is 5.20. The molecule has 53 heavy (non-hydrogen) atoms. The van der Waals surface area contributed by atoms with Gasteiger partial charge in [-0.25, -0.2) is 0 Å². The molecule has 0 radical (unpaired) electrons. The third kappa shape index (κ3) is 10.1. The van der Waals surface area contributed by atoms with Gasteiger partial charge in [-0.15, -0.1) is 0 Å². The topological polar surface area (TPSA) is 81.7 Å². The van der Waals surface area contributed by atoms with Crippen LogP contribution in [0.4, 0.5) is 0 Å². The molecule has 0 unspecified atom stereocenters. The molecule has 6 aromatic rings. The first kappa shape index (κ1) is 37.9. The fourth-order valence-electron chi connectivity index (χ4n) is 6.14. The van der Waals surface area contributed by atoms with Crippen molar-refractivity contribution in [3.63, 3.8) is 0 Å². The highest BCUT2D eigenvalue weighted by molar-refractivity contribution is 5.97. The van der Waals surface area contributed by atoms with Gasteiger partial charge in [-0.1, -0.05) is 142 Å². The van der Waals surface area contributed by atoms with E-state index in [1.165, 1.54) is 11.1 Å². The van der Waals surface area contributed by atoms with Gasteiger partial charge in [0.1, 0.15) is 0 Å². The highest BCUT2D eigenvalue weighted by Crippen LogP contribution is 2.30. The number of Topliss-reactive ketones (excluding diaryl/α,β-unsaturated/α-hetero) is 2. The highest BCUT2D eigenvalue weighted by Gasteiger charge is 2.09. The minimum atomic E-state index is 0.217. The SMILES string of the molecule is CCCCC(=O)c1ccc(-c2ccc(-c3ccc(C#N)cc3)cc2)cc1.CCCCC(=O)c1ccc(-c2ccc(-c3ccc(C#N)cc3)cc2C)cc1. The number of carbonyl (C=O) groups excluding carboxylic acids is 2. The van der Waals surface area contributed by atoms with Gasteiger partial charge in [0.25, 0.3) is 0 Å². The Morgan fingerprint density at radius 3 is 1.13 bits per heavy atom. The standard InChI is InChI=1S/C25H23NO.C24H21NO/c1-3-4-5-25(27)22-12-10-21(11-13-22)24-15-14-23(16-18(24)2)20-8-6-19(17-26)7-9-20;1-2-3-4-24(26)23-15-13-22(14-16-23)21-11-9-20(10-12-21)19-7-5-18(17-25)6-8-19/h6-16H,3-5H2,1-2H3;5-16H,2-4H2,1H3. The zero-order valence-electron chi connectivity index (χ0n) is 30.7. The molecule has 0 amide bonds. The first-order valence-electron chi connectivity index (χ1n) is 18.3. The summed E-state index contributed by atoms with van der Waals surface area (Å²) < 4.78 is 0. The molecule has 6 aromatic carbocycles. The molecule has 0 heterocycles. The first-order chi connectivity index (χ1) is 25.8. The van der Waals surface area contributed by atoms with Gasteiger partial charge >= 0.3 is 0 Å². The number of hydrogen-bond donors (Lipinski definition) is 0. The lowest BCUT2D eigenvalue weighted by Gasteiger charge is -2.10. The molecule has 262 valence electrons. The second-order valence-electron chi connectivity index (χ2n) is 13.2. The molecule has 0 saturated carbocycles. The Morgan fingerprint density at radius 1 is 0.453 bits per heavy atom. The fraction of sp³-hybridized carbons (Fsp3) is 0.184. The van der Waals surface area contributed by atoms with Crippen LogP contribution in [0.1, 0.15) is 89.8 Å². The summed E-state index contributed by atoms with van der Waals surface area (Å²) in [5, 5.41) is 17.8. The summed E-state index contributed by atoms with van der Waals surface area (Å²) in [4.78, 5) is 24.2. The lowest BCUT2D eigenvalue weighted by Crippen LogP contribution is -1.98. The maximum Gasteiger partial charge on any atom is 0.162 e. The molecule has 0 saturated heterocycles. The van der Waals surface area contributed by atoms with Gasteiger partial charge in [0.05, 0.1) is 23.3 Å². The van der Waals surface area contributed by atoms with E-state index in [0.717, 1.165) is 75.8 Å². The van der Waals surface area contributed by atoms with Crippen LogP contribution >= 0.6 is 0 Å². The van der Waals surface area contributed by atoms with Crippen LogP contribution in [0.5, 0.6) is 0 Å². The Balaban J connectivity index is 0.000000204. The van der Waals surface area contributed by atoms with Gasteiger partial charge in [0.2, 0.25) is 0 Å². The summed E-state index contributed by atoms with van der Waals surface area (Å²) in [5.41, 5.74) is 13.0. The van der Waals surface area contributed by atoms with Gasteiger partial charge in [-0.2, -0.15) is 10.5 Å². The molecular weight excluding hydrogens is 649 g/mol. The molecule has 0 aliphatic rings. The summed E-state index contributed by atoms with van der Waals surface area (Å²) in [6, 6.07) is 50.0. The van der Waals surface area contributed by atoms with Gasteiger partial charge < -0.3 is 0 Å². The zero-order chi connectivity index (χ0) is 37.6. The van der Waals surface area contributed by atoms with Crippen LogP contribution in [0.2, 0.25) is 0 Å². The van der Waals surface area contributed by atoms with Crippen LogP contribution in [0.15, 0.2) is 140 Å². The summed E-state index contributed by atoms with van der Waals surface area (Å²) in [6.45, 7) is 6.29. The molecule has 0 atom stereocenters. The zero-order valence-corrected chi connectivity index (χ0v) is 30.7. The molecule has 0 bridgehead atoms. The van der Waals surface area contributed by atoms with E-state index in [0.29, 0.717) is 24.0 Å². The first-order valence-corrected chi connectivity index (χ1v) is 18.3. The maximum atomic E-state index is 12.1. The van der Waals surface area contributed by atoms with Gasteiger partial charge in [0, 0.05) is 24.0 Å². The van der Waals surface area contributed by atoms with Crippen molar-refractivity contribution in [2.45, 2.75) is 59.3 Å². The maximum absolute atomic E-state index is 12.1. The number of carbonyl (C=O) groups is 2. The third-order valence-corrected chi connectivity index (χ3v) is 9.38. The van der Waals surface area contributed by atoms with Crippen LogP contribution in [0, 0.1) is 29.6 Å². The third-order valence-electron chi connectivity index (χ3n) is 9.38. The van der Waals surface area contributed by atoms with Crippen molar-refractivity contribution >= 4 is 11.6 Å². The van der Waals surface area contributed by atoms with Crippen molar-refractivity contribution in [3.8, 4) is 56.6 Å². The smallest absolute Gasteiger partial charge is 0.162 e. The summed E-state index contributed by atoms with van der Waals surface area (Å²) >= 11 is 0. The molecule has 4 nitrogen and oxygen atoms in total. The second kappa shape index (κ2) is 18.8. The number of nitriles is 2. The number of aryl methyl sites for hydroxylation is 1. The van der Waals surface area contributed by atoms with Gasteiger partial charge in [0.15, 0.2) is 11.6 Å². The lowest BCUT2D eigenvalue weighted by molar-refractivity contribution is 0.0972. The number of nitrogens with zero attached hydrogens (tertiary/aromatic N) is 2. The van der Waals surface area contributed by atoms with E-state index < -0.39 is 0 Å². The molecule has 0 N–H and O–H groups in total. The molecule has 0 fully saturated rings. The number of unbranched alkanes of at least 4 members (excludes halogenated alkanes) is 2. The molecule has 0 aliphatic carbocycles. The van der Waals surface area contributed by atoms with Crippen molar-refractivity contribution in [3.05, 3.63) is 167 Å². The van der Waals surface area contributed by atoms with E-state index in [1.54, 1.807) is 0 Å². The fourth-order valence-corrected chi connectivity index (χ4v) is 6.14. The second-order valence-corrected chi connectivity index (χ2v) is 13.2. The monoisotopic (exact) mass is 692 g/mol. The minimum absolute atomic E-state index is 0.217. The molecule has 0 aliphatic heterocycles. The van der Waals surface area contributed by atoms with Crippen molar-refractivity contribution in [2.24, 2.45) is 0 Å². The van der Waals surface area contributed by atoms with Gasteiger partial charge in [-0.05, 0) is 94.1 Å². The van der Waals surface area contributed by atoms with Crippen molar-refractivity contribution in [1.29, 1.82) is 10.5 Å². The molecule has 0 aromatic heterocycles. The van der Waals surface area contributed by atoms with Crippen LogP contribution in [-0.2, 0) is 0 Å². The van der Waals surface area contributed by atoms with E-state index in [-0.39, 0.29) is 11.6 Å². The quantitative estimate of drug-likeness (QED) is 0.120. The largest absolute Gasteiger partial charge is 0.294 e. The summed E-state index contributed by atoms with van der Waals surface area (Å²) in [7, 11) is 0. The Labute approximate surface area is 314 Å². The summed E-state index contributed by atoms with van der Waals surface area (Å²) in [5.74, 6) is 0.436. The van der Waals surface area contributed by atoms with Crippen LogP contribution in [0.25, 0.3) is 44.5 Å². The molecule has 4 heteroatoms. The van der Waals surface area contributed by atoms with Crippen LogP contribution < -0.4 is 0 Å². The number of ketones is 2. The van der Waals surface area contributed by atoms with Crippen LogP contribution in [-0.4, -0.2) is 11.6 Å². The number of benzene rings is 6. The Morgan fingerprint density at radius 2 is 0.774 bits per heavy atom. The average molecular weight is 693 g/mol. The Bertz CT molecular complexity index is 2220. The predicted octanol–water partition coefficient (Wildman–Crippen LogP) is 12.8. The molecule has 0 spiro atoms. The van der Waals surface area contributed by atoms with E-state index in [4.69, 9.17) is 10.5 Å². The average Bonchev–Trinajstić information content (AvgIpc) is 3.22. The number of hydrogen-bond acceptors (Lipinski definition) is 4. The van der Waals surface area contributed by atoms with E-state index in [1.807, 2.05) is 97.1 Å². The van der Waals surface area contributed by atoms with Crippen molar-refractivity contribution in [2.75, 3.05) is 0 Å². The Hall–Kier alpha value is -6.36.